The summed E-state index contributed by atoms with van der Waals surface area (Å²) in [5.74, 6) is 2.39. The molecule has 1 heterocycles. The molecule has 0 amide bonds. The zero-order valence-corrected chi connectivity index (χ0v) is 27.0. The Morgan fingerprint density at radius 1 is 0.978 bits per heavy atom. The number of hydrogen-bond acceptors (Lipinski definition) is 9. The van der Waals surface area contributed by atoms with Crippen LogP contribution in [0.5, 0.6) is 23.1 Å². The van der Waals surface area contributed by atoms with Crippen LogP contribution in [0.1, 0.15) is 18.1 Å². The average Bonchev–Trinajstić information content (AvgIpc) is 3.08. The van der Waals surface area contributed by atoms with E-state index in [4.69, 9.17) is 29.5 Å². The third kappa shape index (κ3) is 10.9. The van der Waals surface area contributed by atoms with Crippen molar-refractivity contribution in [3.63, 3.8) is 0 Å². The molecule has 4 aromatic rings. The minimum atomic E-state index is -1.21. The van der Waals surface area contributed by atoms with Gasteiger partial charge in [-0.1, -0.05) is 42.5 Å². The maximum Gasteiger partial charge on any atom is 0.230 e. The molecule has 0 unspecified atom stereocenters. The van der Waals surface area contributed by atoms with Crippen LogP contribution in [0.3, 0.4) is 0 Å². The maximum atomic E-state index is 13.0. The second-order valence-corrected chi connectivity index (χ2v) is 10.3. The van der Waals surface area contributed by atoms with Crippen LogP contribution >= 0.6 is 0 Å². The monoisotopic (exact) mass is 636 g/mol. The molecule has 46 heavy (non-hydrogen) atoms. The predicted octanol–water partition coefficient (Wildman–Crippen LogP) is 6.67. The summed E-state index contributed by atoms with van der Waals surface area (Å²) >= 11 is 0. The molecule has 0 saturated carbocycles. The molecule has 2 N–H and O–H groups in total. The minimum Gasteiger partial charge on any atom is -0.493 e. The Hall–Kier alpha value is -4.90. The van der Waals surface area contributed by atoms with Crippen molar-refractivity contribution in [2.24, 2.45) is 16.1 Å². The number of benzene rings is 3. The van der Waals surface area contributed by atoms with Gasteiger partial charge in [0, 0.05) is 38.1 Å². The van der Waals surface area contributed by atoms with E-state index in [1.807, 2.05) is 80.4 Å². The van der Waals surface area contributed by atoms with Crippen molar-refractivity contribution in [2.75, 3.05) is 47.8 Å². The molecule has 0 fully saturated rings. The molecule has 0 atom stereocenters. The molecule has 4 rings (SSSR count). The summed E-state index contributed by atoms with van der Waals surface area (Å²) in [7, 11) is 4.74. The number of alkyl halides is 2. The van der Waals surface area contributed by atoms with Gasteiger partial charge in [-0.2, -0.15) is 0 Å². The molecule has 0 bridgehead atoms. The standard InChI is InChI=1S/C19H20N2O4.C15H20F2N2.CH2O/c1-13-5-4-6-14(9-13)25-19-15-10-17(23-3)18(24-8-7-22-2)11-16(15)20-12-21-19;1-15(10-16,11-17)14(19-2)9-13(18)8-12-6-4-3-5-7-12;1-2/h4-6,9-12H,7-8H2,1-3H3;3-7,9H,8,10-11,18H2,1-2H3;1H2/b;13-9+,19-14?;. The maximum absolute atomic E-state index is 13.0. The first-order chi connectivity index (χ1) is 22.3. The zero-order chi connectivity index (χ0) is 34.0. The Bertz CT molecular complexity index is 1560. The number of carbonyl (C=O) groups excluding carboxylic acids is 1. The van der Waals surface area contributed by atoms with Crippen molar-refractivity contribution in [3.8, 4) is 23.1 Å². The van der Waals surface area contributed by atoms with Crippen LogP contribution in [0.4, 0.5) is 8.78 Å². The number of aryl methyl sites for hydroxylation is 1. The topological polar surface area (TPSA) is 118 Å². The number of nitrogens with two attached hydrogens (primary N) is 1. The second kappa shape index (κ2) is 19.5. The summed E-state index contributed by atoms with van der Waals surface area (Å²) in [6.45, 7) is 4.83. The van der Waals surface area contributed by atoms with Gasteiger partial charge in [0.15, 0.2) is 11.5 Å². The Labute approximate surface area is 269 Å². The number of aromatic nitrogens is 2. The minimum absolute atomic E-state index is 0.353. The van der Waals surface area contributed by atoms with Crippen LogP contribution in [0.2, 0.25) is 0 Å². The van der Waals surface area contributed by atoms with Crippen molar-refractivity contribution in [1.82, 2.24) is 9.97 Å². The van der Waals surface area contributed by atoms with Crippen LogP contribution in [0.25, 0.3) is 10.9 Å². The highest BCUT2D eigenvalue weighted by Gasteiger charge is 2.29. The summed E-state index contributed by atoms with van der Waals surface area (Å²) in [4.78, 5) is 20.5. The molecule has 0 aliphatic carbocycles. The number of allylic oxidation sites excluding steroid dienone is 2. The Balaban J connectivity index is 0.000000315. The van der Waals surface area contributed by atoms with E-state index in [1.165, 1.54) is 20.3 Å². The number of halogens is 2. The summed E-state index contributed by atoms with van der Waals surface area (Å²) in [6, 6.07) is 21.1. The molecule has 0 aliphatic heterocycles. The lowest BCUT2D eigenvalue weighted by Gasteiger charge is -2.23. The van der Waals surface area contributed by atoms with Gasteiger partial charge in [-0.3, -0.25) is 4.99 Å². The highest BCUT2D eigenvalue weighted by Crippen LogP contribution is 2.36. The van der Waals surface area contributed by atoms with Crippen LogP contribution < -0.4 is 19.9 Å². The first-order valence-corrected chi connectivity index (χ1v) is 14.3. The molecule has 1 aromatic heterocycles. The van der Waals surface area contributed by atoms with Crippen molar-refractivity contribution in [1.29, 1.82) is 0 Å². The molecular formula is C35H42F2N4O5. The first-order valence-electron chi connectivity index (χ1n) is 14.3. The van der Waals surface area contributed by atoms with Gasteiger partial charge in [-0.05, 0) is 49.2 Å². The van der Waals surface area contributed by atoms with Crippen LogP contribution in [0, 0.1) is 12.3 Å². The van der Waals surface area contributed by atoms with Gasteiger partial charge in [0.2, 0.25) is 5.88 Å². The number of hydrogen-bond donors (Lipinski definition) is 1. The fraction of sp³-hybridized carbons (Fsp3) is 0.314. The summed E-state index contributed by atoms with van der Waals surface area (Å²) in [5, 5.41) is 0.750. The molecule has 9 nitrogen and oxygen atoms in total. The van der Waals surface area contributed by atoms with E-state index >= 15 is 0 Å². The van der Waals surface area contributed by atoms with Gasteiger partial charge >= 0.3 is 0 Å². The number of methoxy groups -OCH3 is 2. The third-order valence-electron chi connectivity index (χ3n) is 6.66. The van der Waals surface area contributed by atoms with Crippen molar-refractivity contribution in [2.45, 2.75) is 20.3 Å². The van der Waals surface area contributed by atoms with Crippen molar-refractivity contribution in [3.05, 3.63) is 96.0 Å². The first kappa shape index (κ1) is 37.3. The lowest BCUT2D eigenvalue weighted by atomic mass is 9.87. The number of fused-ring (bicyclic) bond motifs is 1. The van der Waals surface area contributed by atoms with Gasteiger partial charge in [0.1, 0.15) is 38.8 Å². The van der Waals surface area contributed by atoms with Gasteiger partial charge in [0.25, 0.3) is 0 Å². The Kier molecular flexibility index (Phi) is 15.8. The van der Waals surface area contributed by atoms with E-state index in [0.717, 1.165) is 22.3 Å². The van der Waals surface area contributed by atoms with E-state index in [1.54, 1.807) is 20.3 Å². The Morgan fingerprint density at radius 3 is 2.30 bits per heavy atom. The highest BCUT2D eigenvalue weighted by atomic mass is 19.1. The smallest absolute Gasteiger partial charge is 0.230 e. The second-order valence-electron chi connectivity index (χ2n) is 10.3. The van der Waals surface area contributed by atoms with E-state index in [9.17, 15) is 8.78 Å². The Morgan fingerprint density at radius 2 is 1.70 bits per heavy atom. The number of aliphatic imine (C=N–C) groups is 1. The van der Waals surface area contributed by atoms with Gasteiger partial charge in [-0.15, -0.1) is 0 Å². The van der Waals surface area contributed by atoms with Crippen molar-refractivity contribution >= 4 is 23.4 Å². The average molecular weight is 637 g/mol. The molecule has 0 saturated heterocycles. The lowest BCUT2D eigenvalue weighted by molar-refractivity contribution is -0.0980. The highest BCUT2D eigenvalue weighted by molar-refractivity contribution is 6.00. The quantitative estimate of drug-likeness (QED) is 0.128. The van der Waals surface area contributed by atoms with Crippen LogP contribution in [0.15, 0.2) is 89.8 Å². The molecule has 246 valence electrons. The fourth-order valence-electron chi connectivity index (χ4n) is 4.16. The zero-order valence-electron chi connectivity index (χ0n) is 27.0. The third-order valence-corrected chi connectivity index (χ3v) is 6.66. The molecule has 11 heteroatoms. The van der Waals surface area contributed by atoms with E-state index in [2.05, 4.69) is 15.0 Å². The fourth-order valence-corrected chi connectivity index (χ4v) is 4.16. The largest absolute Gasteiger partial charge is 0.493 e. The molecule has 0 radical (unpaired) electrons. The summed E-state index contributed by atoms with van der Waals surface area (Å²) < 4.78 is 48.0. The normalized spacial score (nSPS) is 11.5. The van der Waals surface area contributed by atoms with Crippen LogP contribution in [-0.4, -0.2) is 70.3 Å². The van der Waals surface area contributed by atoms with E-state index in [-0.39, 0.29) is 0 Å². The lowest BCUT2D eigenvalue weighted by Crippen LogP contribution is -2.32. The summed E-state index contributed by atoms with van der Waals surface area (Å²) in [5.41, 5.74) is 8.48. The van der Waals surface area contributed by atoms with Crippen LogP contribution in [-0.2, 0) is 16.0 Å². The number of rotatable bonds is 13. The van der Waals surface area contributed by atoms with Crippen molar-refractivity contribution < 1.29 is 32.5 Å². The number of carbonyl (C=O) groups is 1. The van der Waals surface area contributed by atoms with E-state index < -0.39 is 18.8 Å². The number of ether oxygens (including phenoxy) is 4. The van der Waals surface area contributed by atoms with E-state index in [0.29, 0.717) is 53.9 Å². The molecule has 3 aromatic carbocycles. The number of nitrogens with zero attached hydrogens (tertiary/aromatic N) is 3. The van der Waals surface area contributed by atoms with Gasteiger partial charge in [-0.25, -0.2) is 18.7 Å². The molecular weight excluding hydrogens is 594 g/mol. The molecule has 0 spiro atoms. The molecule has 0 aliphatic rings. The van der Waals surface area contributed by atoms with Gasteiger partial charge < -0.3 is 29.5 Å². The summed E-state index contributed by atoms with van der Waals surface area (Å²) in [6.07, 6.45) is 3.58. The predicted molar refractivity (Wildman–Crippen MR) is 178 cm³/mol. The van der Waals surface area contributed by atoms with Gasteiger partial charge in [0.05, 0.1) is 30.0 Å². The SMILES string of the molecule is C=O.CN=C(/C=C(/N)Cc1ccccc1)C(C)(CF)CF.COCCOc1cc2ncnc(Oc3cccc(C)c3)c2cc1OC.